The topological polar surface area (TPSA) is 49.8 Å². The van der Waals surface area contributed by atoms with Crippen LogP contribution < -0.4 is 5.73 Å². The van der Waals surface area contributed by atoms with Crippen LogP contribution in [0.15, 0.2) is 12.1 Å². The van der Waals surface area contributed by atoms with Gasteiger partial charge >= 0.3 is 6.18 Å². The van der Waals surface area contributed by atoms with Crippen LogP contribution in [-0.4, -0.2) is 0 Å². The summed E-state index contributed by atoms with van der Waals surface area (Å²) in [7, 11) is 0. The Morgan fingerprint density at radius 3 is 2.47 bits per heavy atom. The van der Waals surface area contributed by atoms with Crippen molar-refractivity contribution in [1.29, 1.82) is 5.26 Å². The number of hydrogen-bond acceptors (Lipinski definition) is 2. The lowest BCUT2D eigenvalue weighted by Crippen LogP contribution is -2.09. The molecule has 1 rings (SSSR count). The minimum atomic E-state index is -4.67. The van der Waals surface area contributed by atoms with E-state index < -0.39 is 28.8 Å². The van der Waals surface area contributed by atoms with Gasteiger partial charge in [0.15, 0.2) is 0 Å². The van der Waals surface area contributed by atoms with Gasteiger partial charge in [0.25, 0.3) is 0 Å². The lowest BCUT2D eigenvalue weighted by Gasteiger charge is -2.10. The highest BCUT2D eigenvalue weighted by Crippen LogP contribution is 2.33. The van der Waals surface area contributed by atoms with Gasteiger partial charge in [0.1, 0.15) is 5.82 Å². The Hall–Kier alpha value is -2.21. The van der Waals surface area contributed by atoms with Crippen LogP contribution in [0.25, 0.3) is 0 Å². The third kappa shape index (κ3) is 3.12. The molecule has 0 radical (unpaired) electrons. The van der Waals surface area contributed by atoms with E-state index in [4.69, 9.17) is 11.0 Å². The number of nitrogens with two attached hydrogens (primary N) is 1. The number of nitrogens with zero attached hydrogens (tertiary/aromatic N) is 1. The third-order valence-corrected chi connectivity index (χ3v) is 1.83. The van der Waals surface area contributed by atoms with Gasteiger partial charge in [-0.1, -0.05) is 11.8 Å². The van der Waals surface area contributed by atoms with Crippen molar-refractivity contribution in [2.24, 2.45) is 0 Å². The van der Waals surface area contributed by atoms with E-state index in [2.05, 4.69) is 11.8 Å². The largest absolute Gasteiger partial charge is 0.417 e. The quantitative estimate of drug-likeness (QED) is 0.432. The van der Waals surface area contributed by atoms with Gasteiger partial charge < -0.3 is 5.73 Å². The lowest BCUT2D eigenvalue weighted by molar-refractivity contribution is -0.137. The summed E-state index contributed by atoms with van der Waals surface area (Å²) in [5.41, 5.74) is 2.83. The van der Waals surface area contributed by atoms with Crippen LogP contribution in [0.4, 0.5) is 23.2 Å². The predicted molar refractivity (Wildman–Crippen MR) is 52.9 cm³/mol. The number of benzene rings is 1. The molecule has 0 atom stereocenters. The summed E-state index contributed by atoms with van der Waals surface area (Å²) < 4.78 is 50.7. The summed E-state index contributed by atoms with van der Waals surface area (Å²) >= 11 is 0. The molecule has 1 aromatic carbocycles. The molecule has 6 heteroatoms. The second kappa shape index (κ2) is 4.75. The molecule has 0 aliphatic heterocycles. The normalized spacial score (nSPS) is 10.3. The number of halogens is 4. The fourth-order valence-electron chi connectivity index (χ4n) is 1.11. The highest BCUT2D eigenvalue weighted by molar-refractivity contribution is 5.53. The molecule has 2 nitrogen and oxygen atoms in total. The van der Waals surface area contributed by atoms with Crippen molar-refractivity contribution in [1.82, 2.24) is 0 Å². The lowest BCUT2D eigenvalue weighted by atomic mass is 10.1. The van der Waals surface area contributed by atoms with E-state index in [1.807, 2.05) is 0 Å². The Morgan fingerprint density at radius 1 is 1.29 bits per heavy atom. The Balaban J connectivity index is 3.34. The molecular formula is C11H6F4N2. The van der Waals surface area contributed by atoms with Crippen LogP contribution in [0.2, 0.25) is 0 Å². The highest BCUT2D eigenvalue weighted by atomic mass is 19.4. The van der Waals surface area contributed by atoms with Crippen LogP contribution >= 0.6 is 0 Å². The van der Waals surface area contributed by atoms with E-state index in [1.54, 1.807) is 6.07 Å². The van der Waals surface area contributed by atoms with E-state index in [1.165, 1.54) is 0 Å². The van der Waals surface area contributed by atoms with E-state index in [0.717, 1.165) is 0 Å². The average Bonchev–Trinajstić information content (AvgIpc) is 2.21. The van der Waals surface area contributed by atoms with Gasteiger partial charge in [-0.3, -0.25) is 0 Å². The minimum absolute atomic E-state index is 0.233. The molecule has 0 aromatic heterocycles. The molecule has 0 amide bonds. The first-order chi connectivity index (χ1) is 7.86. The molecule has 0 aliphatic carbocycles. The van der Waals surface area contributed by atoms with Crippen LogP contribution in [0, 0.1) is 29.0 Å². The molecule has 2 N–H and O–H groups in total. The molecule has 0 bridgehead atoms. The summed E-state index contributed by atoms with van der Waals surface area (Å²) in [6.45, 7) is 0. The maximum absolute atomic E-state index is 13.0. The summed E-state index contributed by atoms with van der Waals surface area (Å²) in [6.07, 6.45) is -4.90. The first kappa shape index (κ1) is 12.9. The molecule has 0 heterocycles. The predicted octanol–water partition coefficient (Wildman–Crippen LogP) is 2.69. The van der Waals surface area contributed by atoms with Crippen molar-refractivity contribution < 1.29 is 17.6 Å². The van der Waals surface area contributed by atoms with Gasteiger partial charge in [-0.25, -0.2) is 4.39 Å². The van der Waals surface area contributed by atoms with Crippen LogP contribution in [0.5, 0.6) is 0 Å². The van der Waals surface area contributed by atoms with Crippen molar-refractivity contribution in [2.75, 3.05) is 5.73 Å². The summed E-state index contributed by atoms with van der Waals surface area (Å²) in [5.74, 6) is 3.32. The van der Waals surface area contributed by atoms with Gasteiger partial charge in [-0.05, 0) is 12.1 Å². The van der Waals surface area contributed by atoms with Gasteiger partial charge in [0.05, 0.1) is 23.7 Å². The Kier molecular flexibility index (Phi) is 3.59. The van der Waals surface area contributed by atoms with Gasteiger partial charge in [-0.2, -0.15) is 18.4 Å². The number of anilines is 1. The van der Waals surface area contributed by atoms with Crippen LogP contribution in [-0.2, 0) is 6.18 Å². The van der Waals surface area contributed by atoms with Crippen molar-refractivity contribution >= 4 is 5.69 Å². The first-order valence-electron chi connectivity index (χ1n) is 4.38. The highest BCUT2D eigenvalue weighted by Gasteiger charge is 2.34. The standard InChI is InChI=1S/C11H6F4N2/c12-9-5-7(3-1-2-4-16)8(6-10(9)17)11(13,14)15/h5-6H,2,17H2. The van der Waals surface area contributed by atoms with E-state index in [-0.39, 0.29) is 6.42 Å². The maximum atomic E-state index is 13.0. The molecule has 17 heavy (non-hydrogen) atoms. The maximum Gasteiger partial charge on any atom is 0.417 e. The van der Waals surface area contributed by atoms with E-state index >= 15 is 0 Å². The van der Waals surface area contributed by atoms with E-state index in [9.17, 15) is 17.6 Å². The molecule has 0 aliphatic rings. The number of nitrogen functional groups attached to an aromatic ring is 1. The summed E-state index contributed by atoms with van der Waals surface area (Å²) in [5, 5.41) is 8.20. The van der Waals surface area contributed by atoms with Crippen LogP contribution in [0.3, 0.4) is 0 Å². The Labute approximate surface area is 94.6 Å². The second-order valence-corrected chi connectivity index (χ2v) is 3.05. The zero-order chi connectivity index (χ0) is 13.1. The molecule has 0 saturated heterocycles. The van der Waals surface area contributed by atoms with Crippen LogP contribution in [0.1, 0.15) is 17.5 Å². The summed E-state index contributed by atoms with van der Waals surface area (Å²) in [4.78, 5) is 0. The molecule has 0 fully saturated rings. The monoisotopic (exact) mass is 242 g/mol. The SMILES string of the molecule is N#CCC#Cc1cc(F)c(N)cc1C(F)(F)F. The van der Waals surface area contributed by atoms with E-state index in [0.29, 0.717) is 12.1 Å². The number of rotatable bonds is 0. The molecule has 0 spiro atoms. The van der Waals surface area contributed by atoms with Crippen molar-refractivity contribution in [3.05, 3.63) is 29.1 Å². The number of alkyl halides is 3. The Morgan fingerprint density at radius 2 is 1.94 bits per heavy atom. The number of hydrogen-bond donors (Lipinski definition) is 1. The van der Waals surface area contributed by atoms with Crippen molar-refractivity contribution in [3.63, 3.8) is 0 Å². The molecule has 1 aromatic rings. The second-order valence-electron chi connectivity index (χ2n) is 3.05. The smallest absolute Gasteiger partial charge is 0.396 e. The molecule has 88 valence electrons. The van der Waals surface area contributed by atoms with Crippen molar-refractivity contribution in [3.8, 4) is 17.9 Å². The molecular weight excluding hydrogens is 236 g/mol. The zero-order valence-corrected chi connectivity index (χ0v) is 8.40. The zero-order valence-electron chi connectivity index (χ0n) is 8.40. The fraction of sp³-hybridized carbons (Fsp3) is 0.182. The molecule has 0 unspecified atom stereocenters. The Bertz CT molecular complexity index is 529. The summed E-state index contributed by atoms with van der Waals surface area (Å²) in [6, 6.07) is 2.75. The van der Waals surface area contributed by atoms with Gasteiger partial charge in [0.2, 0.25) is 0 Å². The first-order valence-corrected chi connectivity index (χ1v) is 4.38. The third-order valence-electron chi connectivity index (χ3n) is 1.83. The van der Waals surface area contributed by atoms with Crippen molar-refractivity contribution in [2.45, 2.75) is 12.6 Å². The fourth-order valence-corrected chi connectivity index (χ4v) is 1.11. The van der Waals surface area contributed by atoms with Gasteiger partial charge in [0, 0.05) is 5.56 Å². The molecule has 0 saturated carbocycles. The minimum Gasteiger partial charge on any atom is -0.396 e. The average molecular weight is 242 g/mol. The van der Waals surface area contributed by atoms with Gasteiger partial charge in [-0.15, -0.1) is 0 Å². The number of nitriles is 1.